The van der Waals surface area contributed by atoms with Gasteiger partial charge in [-0.3, -0.25) is 0 Å². The quantitative estimate of drug-likeness (QED) is 0.330. The summed E-state index contributed by atoms with van der Waals surface area (Å²) in [6, 6.07) is 0. The normalized spacial score (nSPS) is 0. The summed E-state index contributed by atoms with van der Waals surface area (Å²) in [4.78, 5) is 0. The van der Waals surface area contributed by atoms with E-state index < -0.39 is 0 Å². The van der Waals surface area contributed by atoms with E-state index in [0.29, 0.717) is 0 Å². The maximum absolute atomic E-state index is 0. The third-order valence-electron chi connectivity index (χ3n) is 0. The first-order valence-electron chi connectivity index (χ1n) is 0. The van der Waals surface area contributed by atoms with E-state index in [1.807, 2.05) is 0 Å². The molecule has 0 saturated carbocycles. The topological polar surface area (TPSA) is 85.5 Å². The van der Waals surface area contributed by atoms with Crippen LogP contribution >= 0.6 is 0 Å². The zero-order valence-electron chi connectivity index (χ0n) is 2.96. The van der Waals surface area contributed by atoms with Gasteiger partial charge in [-0.05, 0) is 0 Å². The molecule has 2 radical (unpaired) electrons. The van der Waals surface area contributed by atoms with Crippen LogP contribution in [-0.2, 0) is 16.4 Å². The van der Waals surface area contributed by atoms with Crippen molar-refractivity contribution >= 4 is 99.0 Å². The summed E-state index contributed by atoms with van der Waals surface area (Å²) in [6.07, 6.45) is 0. The van der Waals surface area contributed by atoms with E-state index in [4.69, 9.17) is 0 Å². The molecular formula is BiO3SrTl. The number of hydrogen-bond acceptors (Lipinski definition) is 0. The van der Waals surface area contributed by atoms with E-state index in [9.17, 15) is 0 Å². The third kappa shape index (κ3) is 27.2. The molecule has 0 aromatic carbocycles. The van der Waals surface area contributed by atoms with Gasteiger partial charge in [-0.1, -0.05) is 0 Å². The molecule has 6 heteroatoms. The second-order valence-electron chi connectivity index (χ2n) is 0. The Bertz CT molecular complexity index is 10.8. The van der Waals surface area contributed by atoms with Crippen molar-refractivity contribution in [3.63, 3.8) is 0 Å². The number of rotatable bonds is 0. The second kappa shape index (κ2) is 41.8. The Morgan fingerprint density at radius 3 is 0.667 bits per heavy atom. The Morgan fingerprint density at radius 2 is 0.667 bits per heavy atom. The summed E-state index contributed by atoms with van der Waals surface area (Å²) in [5.41, 5.74) is 0. The van der Waals surface area contributed by atoms with Crippen LogP contribution in [0.1, 0.15) is 0 Å². The zero-order valence-corrected chi connectivity index (χ0v) is 14.4. The Kier molecular flexibility index (Phi) is 425. The third-order valence-corrected chi connectivity index (χ3v) is 0. The molecule has 28 valence electrons. The van der Waals surface area contributed by atoms with Crippen LogP contribution in [0, 0.1) is 0 Å². The van der Waals surface area contributed by atoms with Crippen molar-refractivity contribution in [1.29, 1.82) is 0 Å². The predicted octanol–water partition coefficient (Wildman–Crippen LogP) is -1.50. The first-order valence-corrected chi connectivity index (χ1v) is 0. The summed E-state index contributed by atoms with van der Waals surface area (Å²) in [5.74, 6) is 0. The van der Waals surface area contributed by atoms with Crippen molar-refractivity contribution in [3.8, 4) is 0 Å². The summed E-state index contributed by atoms with van der Waals surface area (Å²) < 4.78 is 0. The molecule has 0 aliphatic heterocycles. The molecule has 0 amide bonds. The average Bonchev–Trinajstić information content (AvgIpc) is 0. The molecule has 0 saturated heterocycles. The van der Waals surface area contributed by atoms with Crippen LogP contribution < -0.4 is 0 Å². The minimum atomic E-state index is 0. The van der Waals surface area contributed by atoms with E-state index in [-0.39, 0.29) is 115 Å². The van der Waals surface area contributed by atoms with E-state index in [0.717, 1.165) is 0 Å². The summed E-state index contributed by atoms with van der Waals surface area (Å²) in [7, 11) is 0. The maximum Gasteiger partial charge on any atom is 3.00 e. The zero-order chi connectivity index (χ0) is 0. The molecule has 0 aliphatic carbocycles. The Hall–Kier alpha value is 3.17. The monoisotopic (exact) mass is 550 g/mol. The molecule has 0 spiro atoms. The van der Waals surface area contributed by atoms with Crippen molar-refractivity contribution in [2.45, 2.75) is 0 Å². The van der Waals surface area contributed by atoms with Gasteiger partial charge in [-0.2, -0.15) is 0 Å². The van der Waals surface area contributed by atoms with Crippen LogP contribution in [0.5, 0.6) is 0 Å². The molecular weight excluding hydrogens is 549 g/mol. The van der Waals surface area contributed by atoms with E-state index in [1.54, 1.807) is 0 Å². The predicted molar refractivity (Wildman–Crippen MR) is 19.3 cm³/mol. The summed E-state index contributed by atoms with van der Waals surface area (Å²) in [5, 5.41) is 0. The van der Waals surface area contributed by atoms with Crippen LogP contribution in [0.2, 0.25) is 0 Å². The second-order valence-corrected chi connectivity index (χ2v) is 0. The van der Waals surface area contributed by atoms with Crippen LogP contribution in [0.15, 0.2) is 0 Å². The first-order chi connectivity index (χ1) is 0. The van der Waals surface area contributed by atoms with Crippen LogP contribution in [0.3, 0.4) is 0 Å². The van der Waals surface area contributed by atoms with Gasteiger partial charge < -0.3 is 16.4 Å². The molecule has 0 aromatic heterocycles. The molecule has 0 aromatic rings. The minimum absolute atomic E-state index is 0. The smallest absolute Gasteiger partial charge is 2.00 e. The molecule has 0 fully saturated rings. The average molecular weight is 549 g/mol. The molecule has 0 N–H and O–H groups in total. The van der Waals surface area contributed by atoms with Gasteiger partial charge in [0.05, 0.1) is 0 Å². The van der Waals surface area contributed by atoms with Gasteiger partial charge in [0.2, 0.25) is 0 Å². The molecule has 3 nitrogen and oxygen atoms in total. The molecule has 0 heterocycles. The Morgan fingerprint density at radius 1 is 0.667 bits per heavy atom. The van der Waals surface area contributed by atoms with Gasteiger partial charge in [0.1, 0.15) is 0 Å². The fourth-order valence-electron chi connectivity index (χ4n) is 0. The molecule has 0 unspecified atom stereocenters. The van der Waals surface area contributed by atoms with Gasteiger partial charge in [-0.15, -0.1) is 0 Å². The first kappa shape index (κ1) is 61.0. The molecule has 0 aliphatic rings. The van der Waals surface area contributed by atoms with Crippen LogP contribution in [0.4, 0.5) is 0 Å². The van der Waals surface area contributed by atoms with Crippen molar-refractivity contribution in [2.75, 3.05) is 0 Å². The minimum Gasteiger partial charge on any atom is -2.00 e. The van der Waals surface area contributed by atoms with Crippen molar-refractivity contribution < 1.29 is 16.4 Å². The van der Waals surface area contributed by atoms with Gasteiger partial charge >= 0.3 is 99.0 Å². The van der Waals surface area contributed by atoms with Gasteiger partial charge in [0.25, 0.3) is 0 Å². The molecule has 0 bridgehead atoms. The van der Waals surface area contributed by atoms with E-state index in [2.05, 4.69) is 0 Å². The number of hydrogen-bond donors (Lipinski definition) is 0. The maximum atomic E-state index is 0. The molecule has 0 atom stereocenters. The van der Waals surface area contributed by atoms with Crippen LogP contribution in [-0.4, -0.2) is 99.0 Å². The Labute approximate surface area is 113 Å². The van der Waals surface area contributed by atoms with Gasteiger partial charge in [0.15, 0.2) is 0 Å². The molecule has 0 rings (SSSR count). The summed E-state index contributed by atoms with van der Waals surface area (Å²) in [6.45, 7) is 0. The van der Waals surface area contributed by atoms with E-state index in [1.165, 1.54) is 0 Å². The largest absolute Gasteiger partial charge is 3.00 e. The van der Waals surface area contributed by atoms with Crippen molar-refractivity contribution in [2.24, 2.45) is 0 Å². The van der Waals surface area contributed by atoms with Crippen LogP contribution in [0.25, 0.3) is 0 Å². The van der Waals surface area contributed by atoms with Crippen molar-refractivity contribution in [3.05, 3.63) is 0 Å². The standard InChI is InChI=1S/Bi.3O.Sr.Tl/q+3;3*-2;+2;+1. The fourth-order valence-corrected chi connectivity index (χ4v) is 0. The molecule has 6 heavy (non-hydrogen) atoms. The van der Waals surface area contributed by atoms with Crippen molar-refractivity contribution in [1.82, 2.24) is 0 Å². The Balaban J connectivity index is 0. The van der Waals surface area contributed by atoms with Gasteiger partial charge in [0, 0.05) is 0 Å². The van der Waals surface area contributed by atoms with Gasteiger partial charge in [-0.25, -0.2) is 0 Å². The fraction of sp³-hybridized carbons (Fsp3) is 0. The van der Waals surface area contributed by atoms with E-state index >= 15 is 0 Å². The summed E-state index contributed by atoms with van der Waals surface area (Å²) >= 11 is 0. The SMILES string of the molecule is [Bi+3].[O-2].[O-2].[O-2].[Sr+2].[Tl+].